The lowest BCUT2D eigenvalue weighted by atomic mass is 9.92. The molecule has 3 heterocycles. The first-order chi connectivity index (χ1) is 25.3. The van der Waals surface area contributed by atoms with Gasteiger partial charge in [-0.3, -0.25) is 19.1 Å². The highest BCUT2D eigenvalue weighted by molar-refractivity contribution is 7.91. The molecule has 4 amide bonds. The van der Waals surface area contributed by atoms with Crippen molar-refractivity contribution in [2.75, 3.05) is 6.54 Å². The van der Waals surface area contributed by atoms with Gasteiger partial charge < -0.3 is 25.0 Å². The number of nitrogens with one attached hydrogen (secondary N) is 3. The number of benzene rings is 1. The van der Waals surface area contributed by atoms with E-state index in [0.29, 0.717) is 51.3 Å². The van der Waals surface area contributed by atoms with Crippen molar-refractivity contribution in [1.82, 2.24) is 25.2 Å². The predicted molar refractivity (Wildman–Crippen MR) is 190 cm³/mol. The van der Waals surface area contributed by atoms with Crippen molar-refractivity contribution in [2.24, 2.45) is 17.8 Å². The number of sulfonamides is 1. The smallest absolute Gasteiger partial charge is 0.427 e. The number of nitrogens with zero attached hydrogens (tertiary/aromatic N) is 2. The summed E-state index contributed by atoms with van der Waals surface area (Å²) < 4.78 is 79.9. The van der Waals surface area contributed by atoms with Gasteiger partial charge in [0.2, 0.25) is 33.3 Å². The van der Waals surface area contributed by atoms with Crippen molar-refractivity contribution in [2.45, 2.75) is 113 Å². The molecule has 294 valence electrons. The number of halogens is 3. The molecule has 54 heavy (non-hydrogen) atoms. The maximum absolute atomic E-state index is 14.6. The molecule has 7 atom stereocenters. The predicted octanol–water partition coefficient (Wildman–Crippen LogP) is 4.51. The minimum Gasteiger partial charge on any atom is -0.472 e. The molecule has 0 unspecified atom stereocenters. The molecule has 2 aromatic rings. The number of hydrogen-bond acceptors (Lipinski definition) is 9. The third-order valence-corrected chi connectivity index (χ3v) is 12.7. The summed E-state index contributed by atoms with van der Waals surface area (Å²) in [5.41, 5.74) is -4.48. The molecular weight excluding hydrogens is 731 g/mol. The number of carbonyl (C=O) groups excluding carboxylic acids is 4. The Kier molecular flexibility index (Phi) is 10.7. The molecule has 0 spiro atoms. The van der Waals surface area contributed by atoms with Crippen LogP contribution < -0.4 is 20.1 Å². The first-order valence-electron chi connectivity index (χ1n) is 18.2. The molecule has 4 aliphatic rings. The third-order valence-electron chi connectivity index (χ3n) is 10.9. The molecule has 0 radical (unpaired) electrons. The highest BCUT2D eigenvalue weighted by Crippen LogP contribution is 2.46. The van der Waals surface area contributed by atoms with Gasteiger partial charge in [-0.15, -0.1) is 0 Å². The maximum Gasteiger partial charge on any atom is 0.427 e. The number of allylic oxidation sites excluding steroid dienone is 1. The monoisotopic (exact) mass is 777 g/mol. The minimum absolute atomic E-state index is 0.0158. The topological polar surface area (TPSA) is 173 Å². The molecule has 1 saturated heterocycles. The van der Waals surface area contributed by atoms with Crippen LogP contribution in [0.3, 0.4) is 0 Å². The summed E-state index contributed by atoms with van der Waals surface area (Å²) >= 11 is 0. The van der Waals surface area contributed by atoms with Crippen molar-refractivity contribution in [3.63, 3.8) is 0 Å². The number of carbonyl (C=O) groups is 4. The van der Waals surface area contributed by atoms with Crippen LogP contribution in [0.25, 0.3) is 10.8 Å². The molecule has 0 bridgehead atoms. The van der Waals surface area contributed by atoms with Crippen LogP contribution in [0, 0.1) is 17.8 Å². The molecule has 2 aliphatic heterocycles. The summed E-state index contributed by atoms with van der Waals surface area (Å²) in [5, 5.41) is 5.98. The second-order valence-corrected chi connectivity index (χ2v) is 17.5. The van der Waals surface area contributed by atoms with Crippen LogP contribution in [0.15, 0.2) is 48.7 Å². The Balaban J connectivity index is 1.34. The lowest BCUT2D eigenvalue weighted by Gasteiger charge is -2.33. The van der Waals surface area contributed by atoms with Crippen LogP contribution in [0.2, 0.25) is 0 Å². The Bertz CT molecular complexity index is 1930. The summed E-state index contributed by atoms with van der Waals surface area (Å²) in [7, 11) is -3.97. The summed E-state index contributed by atoms with van der Waals surface area (Å²) in [6, 6.07) is 6.43. The average molecular weight is 778 g/mol. The molecule has 2 saturated carbocycles. The molecular formula is C37H46F3N5O8S. The van der Waals surface area contributed by atoms with E-state index in [2.05, 4.69) is 20.3 Å². The molecule has 17 heteroatoms. The number of pyridine rings is 1. The van der Waals surface area contributed by atoms with E-state index in [9.17, 15) is 40.8 Å². The van der Waals surface area contributed by atoms with Crippen LogP contribution in [0.1, 0.15) is 72.6 Å². The standard InChI is InChI=1S/C37H46F3N5O8S/c1-21-8-7-9-22(2)29(42-34(49)53-35(3,4)37(38,39)40)32(47)45-20-25(52-31-27-11-6-5-10-23(27)16-17-41-31)18-28(45)30(46)43-36(19-24(36)13-12-21)33(48)44-54(50,51)26-14-15-26/h5-6,10-13,16-17,21-22,24-26,28-29H,7-9,14-15,18-20H2,1-4H3,(H,42,49)(H,43,46)(H,44,48)/b13-12-/t21-,22-,24-,25-,28+,29+,36-/m1/s1. The fourth-order valence-electron chi connectivity index (χ4n) is 7.11. The van der Waals surface area contributed by atoms with Crippen molar-refractivity contribution in [1.29, 1.82) is 0 Å². The quantitative estimate of drug-likeness (QED) is 0.342. The van der Waals surface area contributed by atoms with E-state index >= 15 is 0 Å². The van der Waals surface area contributed by atoms with Gasteiger partial charge in [0, 0.05) is 23.9 Å². The molecule has 1 aromatic heterocycles. The molecule has 3 fully saturated rings. The molecule has 6 rings (SSSR count). The summed E-state index contributed by atoms with van der Waals surface area (Å²) in [6.45, 7) is 4.84. The zero-order chi connectivity index (χ0) is 39.2. The van der Waals surface area contributed by atoms with Gasteiger partial charge in [0.1, 0.15) is 23.7 Å². The van der Waals surface area contributed by atoms with Crippen molar-refractivity contribution in [3.05, 3.63) is 48.7 Å². The van der Waals surface area contributed by atoms with Crippen LogP contribution in [0.5, 0.6) is 5.88 Å². The maximum atomic E-state index is 14.6. The minimum atomic E-state index is -4.90. The Morgan fingerprint density at radius 2 is 1.76 bits per heavy atom. The lowest BCUT2D eigenvalue weighted by molar-refractivity contribution is -0.244. The summed E-state index contributed by atoms with van der Waals surface area (Å²) in [5.74, 6) is -3.30. The van der Waals surface area contributed by atoms with E-state index in [-0.39, 0.29) is 31.2 Å². The van der Waals surface area contributed by atoms with Gasteiger partial charge in [0.15, 0.2) is 0 Å². The number of hydrogen-bond donors (Lipinski definition) is 3. The van der Waals surface area contributed by atoms with E-state index < -0.39 is 86.4 Å². The Labute approximate surface area is 311 Å². The summed E-state index contributed by atoms with van der Waals surface area (Å²) in [6.07, 6.45) is 0.540. The SMILES string of the molecule is C[C@@H]1CCC[C@@H](C)/C=C\[C@@H]2C[C@@]2(C(=O)NS(=O)(=O)C2CC2)NC(=O)[C@@H]2C[C@@H](Oc3nccc4ccccc34)CN2C(=O)[C@H]1NC(=O)OC(C)(C)C(F)(F)F. The van der Waals surface area contributed by atoms with Gasteiger partial charge >= 0.3 is 12.3 Å². The number of aromatic nitrogens is 1. The van der Waals surface area contributed by atoms with Crippen LogP contribution in [-0.4, -0.2) is 89.4 Å². The van der Waals surface area contributed by atoms with E-state index in [1.54, 1.807) is 37.4 Å². The van der Waals surface area contributed by atoms with E-state index in [1.165, 1.54) is 4.90 Å². The van der Waals surface area contributed by atoms with Crippen molar-refractivity contribution in [3.8, 4) is 5.88 Å². The average Bonchev–Trinajstić information content (AvgIpc) is 4.02. The largest absolute Gasteiger partial charge is 0.472 e. The molecule has 13 nitrogen and oxygen atoms in total. The first-order valence-corrected chi connectivity index (χ1v) is 19.8. The second kappa shape index (κ2) is 14.7. The number of alkyl halides is 3. The fourth-order valence-corrected chi connectivity index (χ4v) is 8.47. The van der Waals surface area contributed by atoms with Gasteiger partial charge in [-0.05, 0) is 75.3 Å². The third kappa shape index (κ3) is 8.30. The molecule has 2 aliphatic carbocycles. The zero-order valence-corrected chi connectivity index (χ0v) is 31.3. The Morgan fingerprint density at radius 3 is 2.46 bits per heavy atom. The first kappa shape index (κ1) is 39.3. The van der Waals surface area contributed by atoms with Gasteiger partial charge in [-0.25, -0.2) is 18.2 Å². The van der Waals surface area contributed by atoms with E-state index in [4.69, 9.17) is 9.47 Å². The number of rotatable bonds is 7. The van der Waals surface area contributed by atoms with E-state index in [0.717, 1.165) is 5.39 Å². The Hall–Kier alpha value is -4.41. The summed E-state index contributed by atoms with van der Waals surface area (Å²) in [4.78, 5) is 61.3. The fraction of sp³-hybridized carbons (Fsp3) is 0.595. The normalized spacial score (nSPS) is 30.2. The zero-order valence-electron chi connectivity index (χ0n) is 30.5. The number of alkyl carbamates (subject to hydrolysis) is 1. The number of fused-ring (bicyclic) bond motifs is 3. The second-order valence-electron chi connectivity index (χ2n) is 15.6. The van der Waals surface area contributed by atoms with Crippen molar-refractivity contribution < 1.29 is 50.2 Å². The van der Waals surface area contributed by atoms with Crippen molar-refractivity contribution >= 4 is 44.6 Å². The van der Waals surface area contributed by atoms with Crippen LogP contribution in [-0.2, 0) is 29.1 Å². The van der Waals surface area contributed by atoms with Gasteiger partial charge in [0.05, 0.1) is 11.8 Å². The van der Waals surface area contributed by atoms with Gasteiger partial charge in [-0.2, -0.15) is 13.2 Å². The Morgan fingerprint density at radius 1 is 1.04 bits per heavy atom. The van der Waals surface area contributed by atoms with Gasteiger partial charge in [0.25, 0.3) is 5.91 Å². The highest BCUT2D eigenvalue weighted by Gasteiger charge is 2.62. The van der Waals surface area contributed by atoms with Gasteiger partial charge in [-0.1, -0.05) is 50.6 Å². The van der Waals surface area contributed by atoms with Crippen LogP contribution >= 0.6 is 0 Å². The molecule has 1 aromatic carbocycles. The van der Waals surface area contributed by atoms with Crippen LogP contribution in [0.4, 0.5) is 18.0 Å². The number of ether oxygens (including phenoxy) is 2. The highest BCUT2D eigenvalue weighted by atomic mass is 32.2. The van der Waals surface area contributed by atoms with E-state index in [1.807, 2.05) is 25.1 Å². The number of amides is 4. The molecule has 3 N–H and O–H groups in total. The lowest BCUT2D eigenvalue weighted by Crippen LogP contribution is -2.59.